The second-order valence-corrected chi connectivity index (χ2v) is 5.17. The fourth-order valence-corrected chi connectivity index (χ4v) is 3.06. The molecule has 3 atom stereocenters. The Labute approximate surface area is 107 Å². The van der Waals surface area contributed by atoms with Crippen molar-refractivity contribution in [2.45, 2.75) is 44.3 Å². The summed E-state index contributed by atoms with van der Waals surface area (Å²) in [5, 5.41) is 0. The first-order chi connectivity index (χ1) is 8.69. The molecular formula is C15H18O3. The topological polar surface area (TPSA) is 38.8 Å². The first kappa shape index (κ1) is 11.7. The molecule has 1 aromatic rings. The van der Waals surface area contributed by atoms with Crippen molar-refractivity contribution in [3.05, 3.63) is 35.4 Å². The fraction of sp³-hybridized carbons (Fsp3) is 0.533. The summed E-state index contributed by atoms with van der Waals surface area (Å²) in [7, 11) is 0. The van der Waals surface area contributed by atoms with Gasteiger partial charge in [-0.3, -0.25) is 0 Å². The van der Waals surface area contributed by atoms with Crippen molar-refractivity contribution < 1.29 is 14.3 Å². The molecule has 96 valence electrons. The van der Waals surface area contributed by atoms with Crippen molar-refractivity contribution in [2.75, 3.05) is 6.61 Å². The summed E-state index contributed by atoms with van der Waals surface area (Å²) in [5.74, 6) is 0.320. The van der Waals surface area contributed by atoms with Crippen LogP contribution in [-0.2, 0) is 19.9 Å². The van der Waals surface area contributed by atoms with Gasteiger partial charge in [-0.1, -0.05) is 31.2 Å². The molecule has 3 heteroatoms. The summed E-state index contributed by atoms with van der Waals surface area (Å²) in [6.07, 6.45) is 1.58. The summed E-state index contributed by atoms with van der Waals surface area (Å²) >= 11 is 0. The van der Waals surface area contributed by atoms with Gasteiger partial charge in [-0.05, 0) is 36.8 Å². The molecular weight excluding hydrogens is 228 g/mol. The van der Waals surface area contributed by atoms with Crippen LogP contribution in [0.15, 0.2) is 24.3 Å². The molecule has 0 amide bonds. The standard InChI is InChI=1S/C15H18O3/c1-3-17-14(16)13-15(18-13)9-8-10(2)11-6-4-5-7-12(11)15/h4-7,10,13H,3,8-9H2,1-2H3. The Morgan fingerprint density at radius 3 is 3.06 bits per heavy atom. The minimum atomic E-state index is -0.397. The number of esters is 1. The molecule has 0 bridgehead atoms. The van der Waals surface area contributed by atoms with Crippen molar-refractivity contribution in [3.63, 3.8) is 0 Å². The highest BCUT2D eigenvalue weighted by atomic mass is 16.7. The van der Waals surface area contributed by atoms with Gasteiger partial charge in [-0.2, -0.15) is 0 Å². The number of hydrogen-bond donors (Lipinski definition) is 0. The van der Waals surface area contributed by atoms with E-state index in [-0.39, 0.29) is 5.97 Å². The van der Waals surface area contributed by atoms with Crippen molar-refractivity contribution in [2.24, 2.45) is 0 Å². The van der Waals surface area contributed by atoms with Crippen molar-refractivity contribution in [1.29, 1.82) is 0 Å². The summed E-state index contributed by atoms with van der Waals surface area (Å²) in [6.45, 7) is 4.46. The van der Waals surface area contributed by atoms with Gasteiger partial charge in [-0.25, -0.2) is 4.79 Å². The molecule has 2 aliphatic rings. The third-order valence-corrected chi connectivity index (χ3v) is 4.09. The summed E-state index contributed by atoms with van der Waals surface area (Å²) in [5.41, 5.74) is 2.10. The Hall–Kier alpha value is -1.35. The molecule has 1 spiro atoms. The quantitative estimate of drug-likeness (QED) is 0.595. The van der Waals surface area contributed by atoms with Gasteiger partial charge in [0, 0.05) is 0 Å². The largest absolute Gasteiger partial charge is 0.464 e. The third-order valence-electron chi connectivity index (χ3n) is 4.09. The van der Waals surface area contributed by atoms with E-state index < -0.39 is 11.7 Å². The molecule has 1 fully saturated rings. The van der Waals surface area contributed by atoms with Crippen LogP contribution in [0.5, 0.6) is 0 Å². The molecule has 1 saturated heterocycles. The van der Waals surface area contributed by atoms with Gasteiger partial charge >= 0.3 is 5.97 Å². The highest BCUT2D eigenvalue weighted by Crippen LogP contribution is 2.56. The van der Waals surface area contributed by atoms with Crippen LogP contribution in [0.1, 0.15) is 43.7 Å². The molecule has 0 radical (unpaired) electrons. The summed E-state index contributed by atoms with van der Waals surface area (Å²) < 4.78 is 10.8. The van der Waals surface area contributed by atoms with Gasteiger partial charge in [-0.15, -0.1) is 0 Å². The minimum Gasteiger partial charge on any atom is -0.464 e. The van der Waals surface area contributed by atoms with E-state index in [0.29, 0.717) is 12.5 Å². The Kier molecular flexibility index (Phi) is 2.67. The second kappa shape index (κ2) is 4.09. The van der Waals surface area contributed by atoms with Gasteiger partial charge in [0.05, 0.1) is 6.61 Å². The molecule has 1 heterocycles. The monoisotopic (exact) mass is 246 g/mol. The molecule has 3 nitrogen and oxygen atoms in total. The van der Waals surface area contributed by atoms with E-state index in [1.807, 2.05) is 13.0 Å². The average molecular weight is 246 g/mol. The maximum absolute atomic E-state index is 11.8. The molecule has 1 aliphatic carbocycles. The van der Waals surface area contributed by atoms with Gasteiger partial charge < -0.3 is 9.47 Å². The first-order valence-corrected chi connectivity index (χ1v) is 6.63. The van der Waals surface area contributed by atoms with E-state index in [2.05, 4.69) is 25.1 Å². The smallest absolute Gasteiger partial charge is 0.338 e. The molecule has 3 rings (SSSR count). The predicted octanol–water partition coefficient (Wildman–Crippen LogP) is 2.74. The summed E-state index contributed by atoms with van der Waals surface area (Å²) in [4.78, 5) is 11.8. The van der Waals surface area contributed by atoms with Crippen LogP contribution in [0.3, 0.4) is 0 Å². The number of rotatable bonds is 2. The van der Waals surface area contributed by atoms with Crippen LogP contribution in [-0.4, -0.2) is 18.7 Å². The van der Waals surface area contributed by atoms with Gasteiger partial charge in [0.1, 0.15) is 5.60 Å². The lowest BCUT2D eigenvalue weighted by atomic mass is 9.75. The fourth-order valence-electron chi connectivity index (χ4n) is 3.06. The molecule has 0 saturated carbocycles. The number of carbonyl (C=O) groups excluding carboxylic acids is 1. The third kappa shape index (κ3) is 1.57. The lowest BCUT2D eigenvalue weighted by Crippen LogP contribution is -2.26. The number of fused-ring (bicyclic) bond motifs is 2. The molecule has 0 aromatic heterocycles. The molecule has 1 aromatic carbocycles. The van der Waals surface area contributed by atoms with E-state index in [1.165, 1.54) is 11.1 Å². The van der Waals surface area contributed by atoms with Gasteiger partial charge in [0.15, 0.2) is 6.10 Å². The Bertz CT molecular complexity index is 482. The lowest BCUT2D eigenvalue weighted by Gasteiger charge is -2.27. The van der Waals surface area contributed by atoms with E-state index in [1.54, 1.807) is 0 Å². The van der Waals surface area contributed by atoms with Crippen LogP contribution < -0.4 is 0 Å². The normalized spacial score (nSPS) is 33.0. The van der Waals surface area contributed by atoms with Crippen molar-refractivity contribution in [1.82, 2.24) is 0 Å². The number of epoxide rings is 1. The average Bonchev–Trinajstić information content (AvgIpc) is 3.11. The van der Waals surface area contributed by atoms with Gasteiger partial charge in [0.25, 0.3) is 0 Å². The van der Waals surface area contributed by atoms with Crippen LogP contribution in [0.4, 0.5) is 0 Å². The highest BCUT2D eigenvalue weighted by Gasteiger charge is 2.64. The number of hydrogen-bond acceptors (Lipinski definition) is 3. The number of ether oxygens (including phenoxy) is 2. The molecule has 1 aliphatic heterocycles. The van der Waals surface area contributed by atoms with E-state index in [9.17, 15) is 4.79 Å². The van der Waals surface area contributed by atoms with Crippen LogP contribution in [0, 0.1) is 0 Å². The van der Waals surface area contributed by atoms with Crippen LogP contribution in [0.25, 0.3) is 0 Å². The number of benzene rings is 1. The van der Waals surface area contributed by atoms with Crippen molar-refractivity contribution in [3.8, 4) is 0 Å². The summed E-state index contributed by atoms with van der Waals surface area (Å²) in [6, 6.07) is 8.30. The maximum Gasteiger partial charge on any atom is 0.338 e. The van der Waals surface area contributed by atoms with E-state index in [0.717, 1.165) is 12.8 Å². The zero-order valence-electron chi connectivity index (χ0n) is 10.8. The zero-order chi connectivity index (χ0) is 12.8. The Morgan fingerprint density at radius 2 is 2.28 bits per heavy atom. The minimum absolute atomic E-state index is 0.221. The molecule has 0 N–H and O–H groups in total. The predicted molar refractivity (Wildman–Crippen MR) is 67.3 cm³/mol. The Balaban J connectivity index is 1.93. The zero-order valence-corrected chi connectivity index (χ0v) is 10.8. The van der Waals surface area contributed by atoms with Gasteiger partial charge in [0.2, 0.25) is 0 Å². The SMILES string of the molecule is CCOC(=O)C1OC12CCC(C)c1ccccc12. The molecule has 3 unspecified atom stereocenters. The number of carbonyl (C=O) groups is 1. The highest BCUT2D eigenvalue weighted by molar-refractivity contribution is 5.80. The van der Waals surface area contributed by atoms with Crippen LogP contribution in [0.2, 0.25) is 0 Å². The van der Waals surface area contributed by atoms with Crippen LogP contribution >= 0.6 is 0 Å². The first-order valence-electron chi connectivity index (χ1n) is 6.63. The second-order valence-electron chi connectivity index (χ2n) is 5.17. The maximum atomic E-state index is 11.8. The van der Waals surface area contributed by atoms with Crippen molar-refractivity contribution >= 4 is 5.97 Å². The van der Waals surface area contributed by atoms with E-state index in [4.69, 9.17) is 9.47 Å². The molecule has 18 heavy (non-hydrogen) atoms. The van der Waals surface area contributed by atoms with E-state index >= 15 is 0 Å². The Morgan fingerprint density at radius 1 is 1.50 bits per heavy atom. The lowest BCUT2D eigenvalue weighted by molar-refractivity contribution is -0.144.